The van der Waals surface area contributed by atoms with Gasteiger partial charge in [-0.3, -0.25) is 0 Å². The third-order valence-corrected chi connectivity index (χ3v) is 1.81. The van der Waals surface area contributed by atoms with E-state index in [4.69, 9.17) is 0 Å². The predicted molar refractivity (Wildman–Crippen MR) is 51.3 cm³/mol. The van der Waals surface area contributed by atoms with Crippen molar-refractivity contribution in [3.63, 3.8) is 0 Å². The van der Waals surface area contributed by atoms with Gasteiger partial charge in [0.05, 0.1) is 12.0 Å². The molecule has 0 saturated carbocycles. The van der Waals surface area contributed by atoms with Crippen molar-refractivity contribution in [2.24, 2.45) is 4.99 Å². The van der Waals surface area contributed by atoms with Gasteiger partial charge in [-0.15, -0.1) is 0 Å². The van der Waals surface area contributed by atoms with Crippen molar-refractivity contribution in [1.82, 2.24) is 9.55 Å². The van der Waals surface area contributed by atoms with Crippen LogP contribution in [0.5, 0.6) is 0 Å². The number of aromatic nitrogens is 2. The number of hydrogen-bond donors (Lipinski definition) is 0. The summed E-state index contributed by atoms with van der Waals surface area (Å²) in [6.45, 7) is 0. The Morgan fingerprint density at radius 1 is 1.43 bits per heavy atom. The molecule has 0 unspecified atom stereocenters. The molecule has 1 aromatic heterocycles. The van der Waals surface area contributed by atoms with E-state index >= 15 is 0 Å². The summed E-state index contributed by atoms with van der Waals surface area (Å²) in [4.78, 5) is 17.5. The molecule has 4 nitrogen and oxygen atoms in total. The van der Waals surface area contributed by atoms with Crippen molar-refractivity contribution >= 4 is 11.8 Å². The van der Waals surface area contributed by atoms with E-state index in [9.17, 15) is 4.79 Å². The first-order chi connectivity index (χ1) is 6.90. The van der Waals surface area contributed by atoms with E-state index in [2.05, 4.69) is 9.98 Å². The van der Waals surface area contributed by atoms with E-state index < -0.39 is 0 Å². The second-order valence-electron chi connectivity index (χ2n) is 2.69. The SMILES string of the molecule is O=C=Nc1cccc(-n2ccnc2)c1. The average molecular weight is 185 g/mol. The molecular formula is C10H7N3O. The monoisotopic (exact) mass is 185 g/mol. The quantitative estimate of drug-likeness (QED) is 0.529. The molecule has 0 aliphatic rings. The third kappa shape index (κ3) is 1.60. The fourth-order valence-electron chi connectivity index (χ4n) is 1.19. The average Bonchev–Trinajstić information content (AvgIpc) is 2.71. The summed E-state index contributed by atoms with van der Waals surface area (Å²) in [6.07, 6.45) is 6.70. The van der Waals surface area contributed by atoms with E-state index in [-0.39, 0.29) is 0 Å². The Balaban J connectivity index is 2.45. The first-order valence-electron chi connectivity index (χ1n) is 4.06. The molecule has 0 spiro atoms. The molecule has 0 atom stereocenters. The maximum atomic E-state index is 10.1. The molecule has 14 heavy (non-hydrogen) atoms. The summed E-state index contributed by atoms with van der Waals surface area (Å²) in [5.74, 6) is 0. The summed E-state index contributed by atoms with van der Waals surface area (Å²) >= 11 is 0. The van der Waals surface area contributed by atoms with Crippen LogP contribution < -0.4 is 0 Å². The van der Waals surface area contributed by atoms with Crippen molar-refractivity contribution in [2.75, 3.05) is 0 Å². The van der Waals surface area contributed by atoms with Gasteiger partial charge >= 0.3 is 0 Å². The van der Waals surface area contributed by atoms with Crippen LogP contribution in [0.2, 0.25) is 0 Å². The van der Waals surface area contributed by atoms with E-state index in [1.165, 1.54) is 6.08 Å². The lowest BCUT2D eigenvalue weighted by atomic mass is 10.3. The summed E-state index contributed by atoms with van der Waals surface area (Å²) in [6, 6.07) is 7.26. The van der Waals surface area contributed by atoms with Crippen LogP contribution in [0, 0.1) is 0 Å². The highest BCUT2D eigenvalue weighted by Crippen LogP contribution is 2.16. The number of carbonyl (C=O) groups excluding carboxylic acids is 1. The van der Waals surface area contributed by atoms with Crippen molar-refractivity contribution in [2.45, 2.75) is 0 Å². The molecule has 0 radical (unpaired) electrons. The van der Waals surface area contributed by atoms with E-state index in [0.717, 1.165) is 5.69 Å². The number of nitrogens with zero attached hydrogens (tertiary/aromatic N) is 3. The lowest BCUT2D eigenvalue weighted by Crippen LogP contribution is -1.88. The van der Waals surface area contributed by atoms with Crippen LogP contribution in [0.25, 0.3) is 5.69 Å². The first-order valence-corrected chi connectivity index (χ1v) is 4.06. The van der Waals surface area contributed by atoms with Crippen molar-refractivity contribution in [3.8, 4) is 5.69 Å². The first kappa shape index (κ1) is 8.41. The zero-order chi connectivity index (χ0) is 9.80. The van der Waals surface area contributed by atoms with E-state index in [1.807, 2.05) is 22.9 Å². The maximum Gasteiger partial charge on any atom is 0.240 e. The third-order valence-electron chi connectivity index (χ3n) is 1.81. The summed E-state index contributed by atoms with van der Waals surface area (Å²) < 4.78 is 1.84. The van der Waals surface area contributed by atoms with Crippen LogP contribution in [0.15, 0.2) is 48.0 Å². The molecule has 0 N–H and O–H groups in total. The summed E-state index contributed by atoms with van der Waals surface area (Å²) in [5.41, 5.74) is 1.50. The van der Waals surface area contributed by atoms with Gasteiger partial charge in [0.25, 0.3) is 0 Å². The van der Waals surface area contributed by atoms with Crippen molar-refractivity contribution in [1.29, 1.82) is 0 Å². The topological polar surface area (TPSA) is 47.2 Å². The highest BCUT2D eigenvalue weighted by atomic mass is 16.1. The van der Waals surface area contributed by atoms with Gasteiger partial charge in [-0.2, -0.15) is 4.99 Å². The normalized spacial score (nSPS) is 9.43. The zero-order valence-electron chi connectivity index (χ0n) is 7.29. The standard InChI is InChI=1S/C10H7N3O/c14-8-12-9-2-1-3-10(6-9)13-5-4-11-7-13/h1-7H. The number of aliphatic imine (C=N–C) groups is 1. The van der Waals surface area contributed by atoms with Gasteiger partial charge < -0.3 is 4.57 Å². The zero-order valence-corrected chi connectivity index (χ0v) is 7.29. The van der Waals surface area contributed by atoms with Crippen molar-refractivity contribution in [3.05, 3.63) is 43.0 Å². The molecule has 2 rings (SSSR count). The minimum Gasteiger partial charge on any atom is -0.306 e. The number of benzene rings is 1. The molecule has 0 amide bonds. The van der Waals surface area contributed by atoms with Gasteiger partial charge in [0, 0.05) is 18.1 Å². The molecule has 68 valence electrons. The van der Waals surface area contributed by atoms with Gasteiger partial charge in [0.1, 0.15) is 0 Å². The molecule has 4 heteroatoms. The molecule has 0 saturated heterocycles. The van der Waals surface area contributed by atoms with E-state index in [0.29, 0.717) is 5.69 Å². The Hall–Kier alpha value is -2.19. The lowest BCUT2D eigenvalue weighted by molar-refractivity contribution is 0.565. The van der Waals surface area contributed by atoms with Crippen LogP contribution in [0.3, 0.4) is 0 Å². The molecule has 1 heterocycles. The van der Waals surface area contributed by atoms with Crippen LogP contribution in [0.1, 0.15) is 0 Å². The Kier molecular flexibility index (Phi) is 2.21. The van der Waals surface area contributed by atoms with Crippen LogP contribution in [0.4, 0.5) is 5.69 Å². The molecule has 0 fully saturated rings. The largest absolute Gasteiger partial charge is 0.306 e. The second-order valence-corrected chi connectivity index (χ2v) is 2.69. The maximum absolute atomic E-state index is 10.1. The molecule has 2 aromatic rings. The van der Waals surface area contributed by atoms with Gasteiger partial charge in [-0.1, -0.05) is 6.07 Å². The molecule has 0 aliphatic heterocycles. The molecule has 0 bridgehead atoms. The Morgan fingerprint density at radius 3 is 3.07 bits per heavy atom. The van der Waals surface area contributed by atoms with Gasteiger partial charge in [0.15, 0.2) is 0 Å². The second kappa shape index (κ2) is 3.68. The van der Waals surface area contributed by atoms with E-state index in [1.54, 1.807) is 24.7 Å². The minimum atomic E-state index is 0.589. The highest BCUT2D eigenvalue weighted by molar-refractivity contribution is 5.53. The predicted octanol–water partition coefficient (Wildman–Crippen LogP) is 1.84. The number of hydrogen-bond acceptors (Lipinski definition) is 3. The van der Waals surface area contributed by atoms with Gasteiger partial charge in [-0.05, 0) is 18.2 Å². The highest BCUT2D eigenvalue weighted by Gasteiger charge is 1.95. The summed E-state index contributed by atoms with van der Waals surface area (Å²) in [7, 11) is 0. The fourth-order valence-corrected chi connectivity index (χ4v) is 1.19. The molecule has 0 aliphatic carbocycles. The minimum absolute atomic E-state index is 0.589. The van der Waals surface area contributed by atoms with Crippen LogP contribution in [-0.4, -0.2) is 15.6 Å². The number of isocyanates is 1. The van der Waals surface area contributed by atoms with Crippen LogP contribution in [-0.2, 0) is 4.79 Å². The molecule has 1 aromatic carbocycles. The fraction of sp³-hybridized carbons (Fsp3) is 0. The summed E-state index contributed by atoms with van der Waals surface area (Å²) in [5, 5.41) is 0. The number of rotatable bonds is 2. The van der Waals surface area contributed by atoms with Gasteiger partial charge in [0.2, 0.25) is 6.08 Å². The smallest absolute Gasteiger partial charge is 0.240 e. The Morgan fingerprint density at radius 2 is 2.36 bits per heavy atom. The van der Waals surface area contributed by atoms with Gasteiger partial charge in [-0.25, -0.2) is 9.78 Å². The number of imidazole rings is 1. The van der Waals surface area contributed by atoms with Crippen LogP contribution >= 0.6 is 0 Å². The Bertz CT molecular complexity index is 470. The van der Waals surface area contributed by atoms with Crippen molar-refractivity contribution < 1.29 is 4.79 Å². The molecular weight excluding hydrogens is 178 g/mol. The Labute approximate surface area is 80.5 Å². The lowest BCUT2D eigenvalue weighted by Gasteiger charge is -2.01.